The number of anilines is 1. The topological polar surface area (TPSA) is 62.3 Å². The van der Waals surface area contributed by atoms with E-state index < -0.39 is 11.8 Å². The van der Waals surface area contributed by atoms with Gasteiger partial charge in [0, 0.05) is 19.8 Å². The molecule has 0 unspecified atom stereocenters. The van der Waals surface area contributed by atoms with Gasteiger partial charge >= 0.3 is 11.8 Å². The lowest BCUT2D eigenvalue weighted by Gasteiger charge is -2.15. The second kappa shape index (κ2) is 6.62. The number of amides is 2. The largest absolute Gasteiger partial charge is 0.338 e. The van der Waals surface area contributed by atoms with Crippen LogP contribution in [0.5, 0.6) is 0 Å². The monoisotopic (exact) mass is 235 g/mol. The Balaban J connectivity index is 2.50. The van der Waals surface area contributed by atoms with Crippen molar-refractivity contribution >= 4 is 17.5 Å². The van der Waals surface area contributed by atoms with E-state index in [2.05, 4.69) is 10.3 Å². The molecule has 1 heterocycles. The molecule has 1 N–H and O–H groups in total. The molecule has 0 aliphatic rings. The molecule has 0 fully saturated rings. The van der Waals surface area contributed by atoms with Gasteiger partial charge in [0.15, 0.2) is 0 Å². The summed E-state index contributed by atoms with van der Waals surface area (Å²) in [5.41, 5.74) is 0.523. The molecule has 5 heteroatoms. The summed E-state index contributed by atoms with van der Waals surface area (Å²) >= 11 is 0. The molecular formula is C12H17N3O2. The molecule has 0 aliphatic carbocycles. The van der Waals surface area contributed by atoms with E-state index in [-0.39, 0.29) is 0 Å². The minimum Gasteiger partial charge on any atom is -0.338 e. The lowest BCUT2D eigenvalue weighted by atomic mass is 10.3. The Morgan fingerprint density at radius 2 is 2.24 bits per heavy atom. The fourth-order valence-corrected chi connectivity index (χ4v) is 1.29. The molecule has 0 aliphatic heterocycles. The Hall–Kier alpha value is -1.91. The van der Waals surface area contributed by atoms with Gasteiger partial charge in [-0.25, -0.2) is 0 Å². The number of likely N-dealkylation sites (N-methyl/N-ethyl adjacent to an activating group) is 1. The first-order chi connectivity index (χ1) is 8.15. The fraction of sp³-hybridized carbons (Fsp3) is 0.417. The summed E-state index contributed by atoms with van der Waals surface area (Å²) in [5.74, 6) is -1.15. The highest BCUT2D eigenvalue weighted by molar-refractivity contribution is 6.39. The van der Waals surface area contributed by atoms with Crippen molar-refractivity contribution in [2.75, 3.05) is 18.9 Å². The number of aromatic nitrogens is 1. The highest BCUT2D eigenvalue weighted by Gasteiger charge is 2.17. The van der Waals surface area contributed by atoms with Gasteiger partial charge in [-0.2, -0.15) is 0 Å². The van der Waals surface area contributed by atoms with E-state index in [0.29, 0.717) is 12.2 Å². The minimum atomic E-state index is -0.628. The SMILES string of the molecule is CCCCN(C)C(=O)C(=O)Nc1cccnc1. The van der Waals surface area contributed by atoms with Crippen LogP contribution >= 0.6 is 0 Å². The maximum atomic E-state index is 11.6. The molecule has 92 valence electrons. The van der Waals surface area contributed by atoms with Crippen LogP contribution in [0.15, 0.2) is 24.5 Å². The van der Waals surface area contributed by atoms with Crippen molar-refractivity contribution in [3.8, 4) is 0 Å². The minimum absolute atomic E-state index is 0.523. The maximum absolute atomic E-state index is 11.6. The number of pyridine rings is 1. The average molecular weight is 235 g/mol. The predicted molar refractivity (Wildman–Crippen MR) is 65.4 cm³/mol. The Labute approximate surface area is 101 Å². The van der Waals surface area contributed by atoms with Crippen LogP contribution in [-0.4, -0.2) is 35.3 Å². The number of hydrogen-bond acceptors (Lipinski definition) is 3. The zero-order chi connectivity index (χ0) is 12.7. The van der Waals surface area contributed by atoms with E-state index in [9.17, 15) is 9.59 Å². The number of nitrogens with one attached hydrogen (secondary N) is 1. The normalized spacial score (nSPS) is 9.76. The van der Waals surface area contributed by atoms with Gasteiger partial charge in [0.2, 0.25) is 0 Å². The molecule has 1 aromatic heterocycles. The van der Waals surface area contributed by atoms with Gasteiger partial charge in [0.25, 0.3) is 0 Å². The molecule has 0 atom stereocenters. The van der Waals surface area contributed by atoms with Gasteiger partial charge in [0.1, 0.15) is 0 Å². The van der Waals surface area contributed by atoms with Crippen molar-refractivity contribution in [1.82, 2.24) is 9.88 Å². The molecular weight excluding hydrogens is 218 g/mol. The molecule has 0 spiro atoms. The summed E-state index contributed by atoms with van der Waals surface area (Å²) in [4.78, 5) is 28.5. The van der Waals surface area contributed by atoms with Crippen molar-refractivity contribution in [1.29, 1.82) is 0 Å². The van der Waals surface area contributed by atoms with Crippen molar-refractivity contribution in [2.24, 2.45) is 0 Å². The first kappa shape index (κ1) is 13.2. The van der Waals surface area contributed by atoms with E-state index in [1.54, 1.807) is 25.4 Å². The van der Waals surface area contributed by atoms with E-state index in [1.807, 2.05) is 6.92 Å². The summed E-state index contributed by atoms with van der Waals surface area (Å²) in [6, 6.07) is 3.38. The van der Waals surface area contributed by atoms with Gasteiger partial charge in [-0.05, 0) is 18.6 Å². The molecule has 0 radical (unpaired) electrons. The second-order valence-electron chi connectivity index (χ2n) is 3.78. The van der Waals surface area contributed by atoms with E-state index in [0.717, 1.165) is 12.8 Å². The Morgan fingerprint density at radius 3 is 2.82 bits per heavy atom. The van der Waals surface area contributed by atoms with Crippen LogP contribution in [0.3, 0.4) is 0 Å². The van der Waals surface area contributed by atoms with Gasteiger partial charge in [-0.1, -0.05) is 13.3 Å². The zero-order valence-electron chi connectivity index (χ0n) is 10.1. The van der Waals surface area contributed by atoms with Crippen LogP contribution in [0.4, 0.5) is 5.69 Å². The fourth-order valence-electron chi connectivity index (χ4n) is 1.29. The number of carbonyl (C=O) groups excluding carboxylic acids is 2. The van der Waals surface area contributed by atoms with Gasteiger partial charge in [-0.3, -0.25) is 14.6 Å². The third-order valence-electron chi connectivity index (χ3n) is 2.31. The van der Waals surface area contributed by atoms with Crippen LogP contribution in [0.2, 0.25) is 0 Å². The Kier molecular flexibility index (Phi) is 5.13. The molecule has 1 aromatic rings. The molecule has 5 nitrogen and oxygen atoms in total. The van der Waals surface area contributed by atoms with Crippen molar-refractivity contribution < 1.29 is 9.59 Å². The summed E-state index contributed by atoms with van der Waals surface area (Å²) in [6.07, 6.45) is 4.98. The Bertz CT molecular complexity index is 379. The van der Waals surface area contributed by atoms with Gasteiger partial charge in [-0.15, -0.1) is 0 Å². The molecule has 0 aromatic carbocycles. The van der Waals surface area contributed by atoms with Crippen LogP contribution in [-0.2, 0) is 9.59 Å². The number of hydrogen-bond donors (Lipinski definition) is 1. The summed E-state index contributed by atoms with van der Waals surface area (Å²) in [5, 5.41) is 2.51. The standard InChI is InChI=1S/C12H17N3O2/c1-3-4-8-15(2)12(17)11(16)14-10-6-5-7-13-9-10/h5-7,9H,3-4,8H2,1-2H3,(H,14,16). The highest BCUT2D eigenvalue weighted by atomic mass is 16.2. The summed E-state index contributed by atoms with van der Waals surface area (Å²) in [7, 11) is 1.63. The molecule has 0 saturated heterocycles. The number of unbranched alkanes of at least 4 members (excludes halogenated alkanes) is 1. The maximum Gasteiger partial charge on any atom is 0.313 e. The second-order valence-corrected chi connectivity index (χ2v) is 3.78. The van der Waals surface area contributed by atoms with Crippen LogP contribution < -0.4 is 5.32 Å². The third-order valence-corrected chi connectivity index (χ3v) is 2.31. The molecule has 1 rings (SSSR count). The first-order valence-electron chi connectivity index (χ1n) is 5.61. The quantitative estimate of drug-likeness (QED) is 0.800. The zero-order valence-corrected chi connectivity index (χ0v) is 10.1. The lowest BCUT2D eigenvalue weighted by Crippen LogP contribution is -2.37. The van der Waals surface area contributed by atoms with Gasteiger partial charge in [0.05, 0.1) is 11.9 Å². The third kappa shape index (κ3) is 4.22. The summed E-state index contributed by atoms with van der Waals surface area (Å²) in [6.45, 7) is 2.63. The van der Waals surface area contributed by atoms with E-state index >= 15 is 0 Å². The van der Waals surface area contributed by atoms with Crippen LogP contribution in [0.25, 0.3) is 0 Å². The first-order valence-corrected chi connectivity index (χ1v) is 5.61. The highest BCUT2D eigenvalue weighted by Crippen LogP contribution is 2.03. The lowest BCUT2D eigenvalue weighted by molar-refractivity contribution is -0.142. The van der Waals surface area contributed by atoms with Crippen molar-refractivity contribution in [3.63, 3.8) is 0 Å². The predicted octanol–water partition coefficient (Wildman–Crippen LogP) is 1.28. The smallest absolute Gasteiger partial charge is 0.313 e. The molecule has 2 amide bonds. The van der Waals surface area contributed by atoms with Crippen molar-refractivity contribution in [2.45, 2.75) is 19.8 Å². The number of carbonyl (C=O) groups is 2. The van der Waals surface area contributed by atoms with E-state index in [1.165, 1.54) is 11.1 Å². The number of rotatable bonds is 4. The van der Waals surface area contributed by atoms with Crippen LogP contribution in [0, 0.1) is 0 Å². The van der Waals surface area contributed by atoms with Crippen molar-refractivity contribution in [3.05, 3.63) is 24.5 Å². The van der Waals surface area contributed by atoms with E-state index in [4.69, 9.17) is 0 Å². The molecule has 0 bridgehead atoms. The van der Waals surface area contributed by atoms with Gasteiger partial charge < -0.3 is 10.2 Å². The van der Waals surface area contributed by atoms with Crippen LogP contribution in [0.1, 0.15) is 19.8 Å². The summed E-state index contributed by atoms with van der Waals surface area (Å²) < 4.78 is 0. The number of nitrogens with zero attached hydrogens (tertiary/aromatic N) is 2. The Morgan fingerprint density at radius 1 is 1.47 bits per heavy atom. The molecule has 17 heavy (non-hydrogen) atoms. The molecule has 0 saturated carbocycles. The average Bonchev–Trinajstić information content (AvgIpc) is 2.36.